The number of hydrogen-bond acceptors (Lipinski definition) is 1. The molecule has 1 aromatic carbocycles. The lowest BCUT2D eigenvalue weighted by atomic mass is 9.70. The summed E-state index contributed by atoms with van der Waals surface area (Å²) in [5, 5.41) is 3.27. The molecule has 2 aliphatic rings. The maximum absolute atomic E-state index is 12.3. The highest BCUT2D eigenvalue weighted by atomic mass is 16.1. The summed E-state index contributed by atoms with van der Waals surface area (Å²) in [7, 11) is 0. The lowest BCUT2D eigenvalue weighted by molar-refractivity contribution is 0.0892. The molecule has 3 rings (SSSR count). The molecule has 3 unspecified atom stereocenters. The van der Waals surface area contributed by atoms with Crippen molar-refractivity contribution < 1.29 is 4.79 Å². The Labute approximate surface area is 121 Å². The SMILES string of the molecule is CCC1=CC2CCC(NC(=O)c3ccccc3)C(C1)C2. The first-order valence-corrected chi connectivity index (χ1v) is 7.81. The molecule has 1 amide bonds. The van der Waals surface area contributed by atoms with E-state index in [1.54, 1.807) is 5.57 Å². The molecular formula is C18H23NO. The number of rotatable bonds is 3. The quantitative estimate of drug-likeness (QED) is 0.827. The second-order valence-electron chi connectivity index (χ2n) is 6.16. The van der Waals surface area contributed by atoms with Gasteiger partial charge in [-0.15, -0.1) is 0 Å². The van der Waals surface area contributed by atoms with Crippen LogP contribution < -0.4 is 5.32 Å². The van der Waals surface area contributed by atoms with Crippen LogP contribution in [0.1, 0.15) is 49.4 Å². The predicted octanol–water partition coefficient (Wildman–Crippen LogP) is 3.94. The normalized spacial score (nSPS) is 28.6. The first-order valence-electron chi connectivity index (χ1n) is 7.81. The van der Waals surface area contributed by atoms with Gasteiger partial charge in [-0.25, -0.2) is 0 Å². The van der Waals surface area contributed by atoms with Gasteiger partial charge < -0.3 is 5.32 Å². The van der Waals surface area contributed by atoms with Crippen LogP contribution in [0, 0.1) is 11.8 Å². The number of allylic oxidation sites excluding steroid dienone is 2. The van der Waals surface area contributed by atoms with Gasteiger partial charge in [0.2, 0.25) is 0 Å². The molecule has 0 radical (unpaired) electrons. The van der Waals surface area contributed by atoms with Gasteiger partial charge in [0.25, 0.3) is 5.91 Å². The second-order valence-corrected chi connectivity index (χ2v) is 6.16. The first-order chi connectivity index (χ1) is 9.76. The number of hydrogen-bond donors (Lipinski definition) is 1. The Hall–Kier alpha value is -1.57. The summed E-state index contributed by atoms with van der Waals surface area (Å²) in [4.78, 5) is 12.3. The van der Waals surface area contributed by atoms with Gasteiger partial charge in [0.05, 0.1) is 0 Å². The Balaban J connectivity index is 1.67. The van der Waals surface area contributed by atoms with Gasteiger partial charge in [-0.2, -0.15) is 0 Å². The Morgan fingerprint density at radius 2 is 2.05 bits per heavy atom. The average molecular weight is 269 g/mol. The molecule has 1 N–H and O–H groups in total. The number of amides is 1. The number of carbonyl (C=O) groups is 1. The van der Waals surface area contributed by atoms with E-state index in [1.165, 1.54) is 19.3 Å². The van der Waals surface area contributed by atoms with Crippen LogP contribution >= 0.6 is 0 Å². The number of nitrogens with one attached hydrogen (secondary N) is 1. The van der Waals surface area contributed by atoms with E-state index in [0.717, 1.165) is 24.3 Å². The number of benzene rings is 1. The van der Waals surface area contributed by atoms with Crippen LogP contribution in [0.2, 0.25) is 0 Å². The maximum Gasteiger partial charge on any atom is 0.251 e. The molecule has 20 heavy (non-hydrogen) atoms. The van der Waals surface area contributed by atoms with E-state index >= 15 is 0 Å². The molecule has 2 bridgehead atoms. The molecule has 1 fully saturated rings. The highest BCUT2D eigenvalue weighted by molar-refractivity contribution is 5.94. The summed E-state index contributed by atoms with van der Waals surface area (Å²) >= 11 is 0. The van der Waals surface area contributed by atoms with Crippen LogP contribution in [0.4, 0.5) is 0 Å². The average Bonchev–Trinajstić information content (AvgIpc) is 2.50. The van der Waals surface area contributed by atoms with E-state index in [1.807, 2.05) is 30.3 Å². The lowest BCUT2D eigenvalue weighted by Crippen LogP contribution is -2.44. The third kappa shape index (κ3) is 2.79. The third-order valence-electron chi connectivity index (χ3n) is 4.83. The largest absolute Gasteiger partial charge is 0.349 e. The smallest absolute Gasteiger partial charge is 0.251 e. The zero-order chi connectivity index (χ0) is 13.9. The topological polar surface area (TPSA) is 29.1 Å². The van der Waals surface area contributed by atoms with Gasteiger partial charge in [-0.05, 0) is 56.1 Å². The standard InChI is InChI=1S/C18H23NO/c1-2-13-10-14-8-9-17(16(11-13)12-14)19-18(20)15-6-4-3-5-7-15/h3-7,10,14,16-17H,2,8-9,11-12H2,1H3,(H,19,20). The minimum Gasteiger partial charge on any atom is -0.349 e. The van der Waals surface area contributed by atoms with Gasteiger partial charge in [-0.3, -0.25) is 4.79 Å². The van der Waals surface area contributed by atoms with Gasteiger partial charge in [-0.1, -0.05) is 36.8 Å². The summed E-state index contributed by atoms with van der Waals surface area (Å²) in [6.45, 7) is 2.24. The zero-order valence-electron chi connectivity index (χ0n) is 12.1. The third-order valence-corrected chi connectivity index (χ3v) is 4.83. The summed E-state index contributed by atoms with van der Waals surface area (Å²) in [5.74, 6) is 1.48. The predicted molar refractivity (Wildman–Crippen MR) is 81.5 cm³/mol. The van der Waals surface area contributed by atoms with Crippen LogP contribution in [-0.4, -0.2) is 11.9 Å². The Bertz CT molecular complexity index is 505. The fraction of sp³-hybridized carbons (Fsp3) is 0.500. The monoisotopic (exact) mass is 269 g/mol. The molecule has 106 valence electrons. The van der Waals surface area contributed by atoms with Crippen molar-refractivity contribution in [1.82, 2.24) is 5.32 Å². The van der Waals surface area contributed by atoms with Gasteiger partial charge in [0.15, 0.2) is 0 Å². The second kappa shape index (κ2) is 5.82. The molecule has 1 saturated carbocycles. The molecule has 3 atom stereocenters. The Morgan fingerprint density at radius 3 is 2.80 bits per heavy atom. The summed E-state index contributed by atoms with van der Waals surface area (Å²) in [6.07, 6.45) is 8.43. The van der Waals surface area contributed by atoms with Crippen molar-refractivity contribution >= 4 is 5.91 Å². The van der Waals surface area contributed by atoms with Crippen molar-refractivity contribution in [2.75, 3.05) is 0 Å². The van der Waals surface area contributed by atoms with Crippen molar-refractivity contribution in [2.24, 2.45) is 11.8 Å². The number of fused-ring (bicyclic) bond motifs is 2. The van der Waals surface area contributed by atoms with Crippen molar-refractivity contribution in [1.29, 1.82) is 0 Å². The Kier molecular flexibility index (Phi) is 3.90. The van der Waals surface area contributed by atoms with E-state index in [4.69, 9.17) is 0 Å². The van der Waals surface area contributed by atoms with E-state index in [2.05, 4.69) is 18.3 Å². The van der Waals surface area contributed by atoms with Crippen LogP contribution in [0.15, 0.2) is 42.0 Å². The van der Waals surface area contributed by atoms with Crippen LogP contribution in [0.25, 0.3) is 0 Å². The minimum atomic E-state index is 0.0849. The highest BCUT2D eigenvalue weighted by Crippen LogP contribution is 2.39. The molecular weight excluding hydrogens is 246 g/mol. The zero-order valence-corrected chi connectivity index (χ0v) is 12.1. The van der Waals surface area contributed by atoms with Gasteiger partial charge in [0.1, 0.15) is 0 Å². The van der Waals surface area contributed by atoms with Crippen molar-refractivity contribution in [3.05, 3.63) is 47.5 Å². The number of carbonyl (C=O) groups excluding carboxylic acids is 1. The summed E-state index contributed by atoms with van der Waals surface area (Å²) < 4.78 is 0. The lowest BCUT2D eigenvalue weighted by Gasteiger charge is -2.39. The van der Waals surface area contributed by atoms with Crippen molar-refractivity contribution in [3.63, 3.8) is 0 Å². The molecule has 0 heterocycles. The van der Waals surface area contributed by atoms with E-state index in [0.29, 0.717) is 12.0 Å². The highest BCUT2D eigenvalue weighted by Gasteiger charge is 2.33. The van der Waals surface area contributed by atoms with Crippen LogP contribution in [0.5, 0.6) is 0 Å². The molecule has 0 spiro atoms. The molecule has 2 heteroatoms. The van der Waals surface area contributed by atoms with E-state index in [-0.39, 0.29) is 5.91 Å². The van der Waals surface area contributed by atoms with E-state index < -0.39 is 0 Å². The first kappa shape index (κ1) is 13.4. The van der Waals surface area contributed by atoms with Crippen LogP contribution in [0.3, 0.4) is 0 Å². The molecule has 1 aromatic rings. The molecule has 0 saturated heterocycles. The van der Waals surface area contributed by atoms with Crippen molar-refractivity contribution in [2.45, 2.75) is 45.1 Å². The maximum atomic E-state index is 12.3. The minimum absolute atomic E-state index is 0.0849. The molecule has 2 nitrogen and oxygen atoms in total. The summed E-state index contributed by atoms with van der Waals surface area (Å²) in [6, 6.07) is 9.92. The van der Waals surface area contributed by atoms with Gasteiger partial charge >= 0.3 is 0 Å². The van der Waals surface area contributed by atoms with Gasteiger partial charge in [0, 0.05) is 11.6 Å². The fourth-order valence-corrected chi connectivity index (χ4v) is 3.71. The molecule has 2 aliphatic carbocycles. The summed E-state index contributed by atoms with van der Waals surface area (Å²) in [5.41, 5.74) is 2.36. The van der Waals surface area contributed by atoms with Crippen molar-refractivity contribution in [3.8, 4) is 0 Å². The fourth-order valence-electron chi connectivity index (χ4n) is 3.71. The van der Waals surface area contributed by atoms with Crippen LogP contribution in [-0.2, 0) is 0 Å². The van der Waals surface area contributed by atoms with E-state index in [9.17, 15) is 4.79 Å². The molecule has 0 aliphatic heterocycles. The Morgan fingerprint density at radius 1 is 1.25 bits per heavy atom. The molecule has 0 aromatic heterocycles.